The number of hydrogen-bond donors (Lipinski definition) is 0. The maximum absolute atomic E-state index is 12.2. The van der Waals surface area contributed by atoms with Gasteiger partial charge in [0, 0.05) is 18.5 Å². The highest BCUT2D eigenvalue weighted by Crippen LogP contribution is 2.14. The van der Waals surface area contributed by atoms with Crippen LogP contribution in [0.5, 0.6) is 0 Å². The zero-order valence-corrected chi connectivity index (χ0v) is 15.8. The summed E-state index contributed by atoms with van der Waals surface area (Å²) in [6.45, 7) is -0.184. The van der Waals surface area contributed by atoms with E-state index in [1.165, 1.54) is 7.05 Å². The van der Waals surface area contributed by atoms with Gasteiger partial charge >= 0.3 is 5.69 Å². The number of nitrogens with zero attached hydrogens (tertiary/aromatic N) is 4. The fourth-order valence-electron chi connectivity index (χ4n) is 2.34. The van der Waals surface area contributed by atoms with Crippen molar-refractivity contribution in [3.05, 3.63) is 77.6 Å². The van der Waals surface area contributed by atoms with Gasteiger partial charge in [0.2, 0.25) is 5.89 Å². The first-order valence-electron chi connectivity index (χ1n) is 7.57. The van der Waals surface area contributed by atoms with Crippen molar-refractivity contribution in [2.24, 2.45) is 7.05 Å². The van der Waals surface area contributed by atoms with E-state index in [1.807, 2.05) is 24.3 Å². The Morgan fingerprint density at radius 1 is 1.08 bits per heavy atom. The van der Waals surface area contributed by atoms with Gasteiger partial charge in [0.15, 0.2) is 5.82 Å². The first-order valence-corrected chi connectivity index (χ1v) is 8.71. The Morgan fingerprint density at radius 3 is 2.46 bits per heavy atom. The fraction of sp³-hybridized carbons (Fsp3) is 0.250. The summed E-state index contributed by atoms with van der Waals surface area (Å²) in [6, 6.07) is 7.46. The predicted octanol–water partition coefficient (Wildman–Crippen LogP) is 2.72. The van der Waals surface area contributed by atoms with Crippen LogP contribution in [0.2, 0.25) is 15.2 Å². The standard InChI is InChI=1S/C16H13Cl3N4O3/c1-22-14(19)13(18)15(24)23(16(22)25)8-12-20-11(21-26-12)7-4-9-2-5-10(17)6-3-9/h2-3,5-6H,4,7-8H2,1H3. The second-order valence-electron chi connectivity index (χ2n) is 5.57. The highest BCUT2D eigenvalue weighted by Gasteiger charge is 2.17. The molecule has 0 aliphatic rings. The number of aromatic nitrogens is 4. The number of aryl methyl sites for hydroxylation is 2. The third kappa shape index (κ3) is 3.85. The lowest BCUT2D eigenvalue weighted by Crippen LogP contribution is -2.39. The summed E-state index contributed by atoms with van der Waals surface area (Å²) in [7, 11) is 1.41. The Bertz CT molecular complexity index is 1020. The molecule has 1 aromatic carbocycles. The van der Waals surface area contributed by atoms with Gasteiger partial charge in [-0.2, -0.15) is 4.98 Å². The molecule has 0 saturated heterocycles. The highest BCUT2D eigenvalue weighted by molar-refractivity contribution is 6.41. The van der Waals surface area contributed by atoms with Crippen molar-refractivity contribution in [3.8, 4) is 0 Å². The van der Waals surface area contributed by atoms with Crippen LogP contribution >= 0.6 is 34.8 Å². The molecule has 7 nitrogen and oxygen atoms in total. The van der Waals surface area contributed by atoms with E-state index in [4.69, 9.17) is 39.3 Å². The molecule has 0 bridgehead atoms. The lowest BCUT2D eigenvalue weighted by atomic mass is 10.1. The van der Waals surface area contributed by atoms with E-state index in [0.717, 1.165) is 14.7 Å². The largest absolute Gasteiger partial charge is 0.337 e. The van der Waals surface area contributed by atoms with Crippen LogP contribution in [0.25, 0.3) is 0 Å². The second kappa shape index (κ2) is 7.65. The van der Waals surface area contributed by atoms with E-state index in [1.54, 1.807) is 0 Å². The summed E-state index contributed by atoms with van der Waals surface area (Å²) in [5.41, 5.74) is -0.249. The van der Waals surface area contributed by atoms with Crippen LogP contribution in [-0.4, -0.2) is 19.3 Å². The van der Waals surface area contributed by atoms with Gasteiger partial charge in [-0.15, -0.1) is 0 Å². The summed E-state index contributed by atoms with van der Waals surface area (Å²) in [5, 5.41) is 4.18. The van der Waals surface area contributed by atoms with Gasteiger partial charge < -0.3 is 4.52 Å². The molecular formula is C16H13Cl3N4O3. The summed E-state index contributed by atoms with van der Waals surface area (Å²) in [4.78, 5) is 28.6. The lowest BCUT2D eigenvalue weighted by molar-refractivity contribution is 0.361. The molecule has 2 heterocycles. The average Bonchev–Trinajstić information content (AvgIpc) is 3.09. The Labute approximate surface area is 162 Å². The minimum Gasteiger partial charge on any atom is -0.337 e. The van der Waals surface area contributed by atoms with Crippen LogP contribution in [0, 0.1) is 0 Å². The molecule has 0 fully saturated rings. The van der Waals surface area contributed by atoms with Gasteiger partial charge in [-0.1, -0.05) is 52.1 Å². The number of benzene rings is 1. The van der Waals surface area contributed by atoms with Gasteiger partial charge in [-0.25, -0.2) is 9.36 Å². The average molecular weight is 416 g/mol. The summed E-state index contributed by atoms with van der Waals surface area (Å²) in [6.07, 6.45) is 1.24. The van der Waals surface area contributed by atoms with Gasteiger partial charge in [-0.3, -0.25) is 9.36 Å². The molecule has 0 amide bonds. The first kappa shape index (κ1) is 18.7. The van der Waals surface area contributed by atoms with Gasteiger partial charge in [0.25, 0.3) is 5.56 Å². The molecule has 0 atom stereocenters. The number of rotatable bonds is 5. The van der Waals surface area contributed by atoms with E-state index in [9.17, 15) is 9.59 Å². The second-order valence-corrected chi connectivity index (χ2v) is 6.74. The predicted molar refractivity (Wildman–Crippen MR) is 98.2 cm³/mol. The van der Waals surface area contributed by atoms with E-state index < -0.39 is 11.2 Å². The lowest BCUT2D eigenvalue weighted by Gasteiger charge is -2.07. The van der Waals surface area contributed by atoms with Crippen molar-refractivity contribution in [1.82, 2.24) is 19.3 Å². The molecule has 0 aliphatic carbocycles. The Morgan fingerprint density at radius 2 is 1.77 bits per heavy atom. The smallest absolute Gasteiger partial charge is 0.332 e. The molecule has 0 spiro atoms. The minimum atomic E-state index is -0.708. The topological polar surface area (TPSA) is 82.9 Å². The van der Waals surface area contributed by atoms with Crippen molar-refractivity contribution in [2.75, 3.05) is 0 Å². The third-order valence-electron chi connectivity index (χ3n) is 3.78. The van der Waals surface area contributed by atoms with Crippen LogP contribution in [0.3, 0.4) is 0 Å². The van der Waals surface area contributed by atoms with E-state index in [2.05, 4.69) is 10.1 Å². The number of hydrogen-bond acceptors (Lipinski definition) is 5. The molecule has 0 saturated carbocycles. The van der Waals surface area contributed by atoms with Crippen molar-refractivity contribution in [3.63, 3.8) is 0 Å². The van der Waals surface area contributed by atoms with E-state index >= 15 is 0 Å². The number of halogens is 3. The van der Waals surface area contributed by atoms with Crippen LogP contribution < -0.4 is 11.2 Å². The maximum Gasteiger partial charge on any atom is 0.332 e. The molecule has 136 valence electrons. The third-order valence-corrected chi connectivity index (χ3v) is 4.91. The van der Waals surface area contributed by atoms with Crippen molar-refractivity contribution in [2.45, 2.75) is 19.4 Å². The Balaban J connectivity index is 1.76. The van der Waals surface area contributed by atoms with Crippen molar-refractivity contribution >= 4 is 34.8 Å². The van der Waals surface area contributed by atoms with Gasteiger partial charge in [-0.05, 0) is 24.1 Å². The molecule has 2 aromatic heterocycles. The zero-order valence-electron chi connectivity index (χ0n) is 13.6. The Kier molecular flexibility index (Phi) is 5.50. The fourth-order valence-corrected chi connectivity index (χ4v) is 2.85. The van der Waals surface area contributed by atoms with Crippen LogP contribution in [0.4, 0.5) is 0 Å². The highest BCUT2D eigenvalue weighted by atomic mass is 35.5. The normalized spacial score (nSPS) is 11.1. The molecule has 0 aliphatic heterocycles. The zero-order chi connectivity index (χ0) is 18.8. The van der Waals surface area contributed by atoms with Gasteiger partial charge in [0.05, 0.1) is 0 Å². The summed E-state index contributed by atoms with van der Waals surface area (Å²) in [5.74, 6) is 0.605. The molecule has 0 N–H and O–H groups in total. The molecule has 0 radical (unpaired) electrons. The monoisotopic (exact) mass is 414 g/mol. The first-order chi connectivity index (χ1) is 12.4. The van der Waals surface area contributed by atoms with Gasteiger partial charge in [0.1, 0.15) is 16.7 Å². The molecule has 26 heavy (non-hydrogen) atoms. The molecule has 0 unspecified atom stereocenters. The molecular weight excluding hydrogens is 403 g/mol. The SMILES string of the molecule is Cn1c(Cl)c(Cl)c(=O)n(Cc2nc(CCc3ccc(Cl)cc3)no2)c1=O. The van der Waals surface area contributed by atoms with E-state index in [0.29, 0.717) is 23.7 Å². The quantitative estimate of drug-likeness (QED) is 0.598. The van der Waals surface area contributed by atoms with Crippen molar-refractivity contribution in [1.29, 1.82) is 0 Å². The minimum absolute atomic E-state index is 0.118. The molecule has 3 aromatic rings. The summed E-state index contributed by atoms with van der Waals surface area (Å²) < 4.78 is 7.10. The van der Waals surface area contributed by atoms with Crippen LogP contribution in [-0.2, 0) is 26.4 Å². The Hall–Kier alpha value is -2.09. The van der Waals surface area contributed by atoms with E-state index in [-0.39, 0.29) is 22.6 Å². The maximum atomic E-state index is 12.2. The molecule has 3 rings (SSSR count). The molecule has 10 heteroatoms. The van der Waals surface area contributed by atoms with Crippen LogP contribution in [0.1, 0.15) is 17.3 Å². The summed E-state index contributed by atoms with van der Waals surface area (Å²) >= 11 is 17.5. The van der Waals surface area contributed by atoms with Crippen LogP contribution in [0.15, 0.2) is 38.4 Å². The van der Waals surface area contributed by atoms with Crippen molar-refractivity contribution < 1.29 is 4.52 Å².